The lowest BCUT2D eigenvalue weighted by Crippen LogP contribution is -2.14. The van der Waals surface area contributed by atoms with Crippen molar-refractivity contribution in [3.63, 3.8) is 0 Å². The fraction of sp³-hybridized carbons (Fsp3) is 0.529. The molecule has 0 fully saturated rings. The highest BCUT2D eigenvalue weighted by Gasteiger charge is 2.04. The zero-order valence-corrected chi connectivity index (χ0v) is 13.7. The molecule has 0 bridgehead atoms. The van der Waals surface area contributed by atoms with Crippen LogP contribution >= 0.6 is 0 Å². The molecule has 0 amide bonds. The topological polar surface area (TPSA) is 86.5 Å². The van der Waals surface area contributed by atoms with Gasteiger partial charge in [-0.1, -0.05) is 19.4 Å². The van der Waals surface area contributed by atoms with Gasteiger partial charge in [-0.25, -0.2) is 4.98 Å². The number of allylic oxidation sites excluding steroid dienone is 1. The van der Waals surface area contributed by atoms with E-state index in [2.05, 4.69) is 16.9 Å². The fourth-order valence-electron chi connectivity index (χ4n) is 2.13. The third-order valence-electron chi connectivity index (χ3n) is 3.60. The lowest BCUT2D eigenvalue weighted by molar-refractivity contribution is 0.281. The lowest BCUT2D eigenvalue weighted by Gasteiger charge is -2.12. The summed E-state index contributed by atoms with van der Waals surface area (Å²) in [7, 11) is 1.75. The number of aliphatic imine (C=N–C) groups is 1. The maximum Gasteiger partial charge on any atom is 0.213 e. The van der Waals surface area contributed by atoms with Gasteiger partial charge in [-0.3, -0.25) is 4.99 Å². The predicted octanol–water partition coefficient (Wildman–Crippen LogP) is 2.16. The van der Waals surface area contributed by atoms with Crippen LogP contribution < -0.4 is 16.2 Å². The van der Waals surface area contributed by atoms with Crippen molar-refractivity contribution >= 4 is 5.71 Å². The lowest BCUT2D eigenvalue weighted by atomic mass is 10.0. The summed E-state index contributed by atoms with van der Waals surface area (Å²) in [5.41, 5.74) is 13.0. The fourth-order valence-corrected chi connectivity index (χ4v) is 2.13. The molecule has 0 saturated carbocycles. The summed E-state index contributed by atoms with van der Waals surface area (Å²) in [6.45, 7) is 4.09. The Balaban J connectivity index is 2.46. The first-order valence-electron chi connectivity index (χ1n) is 7.87. The van der Waals surface area contributed by atoms with Crippen molar-refractivity contribution in [2.24, 2.45) is 22.4 Å². The summed E-state index contributed by atoms with van der Waals surface area (Å²) in [4.78, 5) is 8.54. The van der Waals surface area contributed by atoms with Gasteiger partial charge in [-0.15, -0.1) is 0 Å². The highest BCUT2D eigenvalue weighted by atomic mass is 16.5. The van der Waals surface area contributed by atoms with Gasteiger partial charge >= 0.3 is 0 Å². The highest BCUT2D eigenvalue weighted by molar-refractivity contribution is 6.08. The molecule has 0 saturated heterocycles. The zero-order chi connectivity index (χ0) is 16.2. The molecule has 0 aromatic carbocycles. The summed E-state index contributed by atoms with van der Waals surface area (Å²) < 4.78 is 5.67. The first-order chi connectivity index (χ1) is 10.7. The third kappa shape index (κ3) is 6.37. The van der Waals surface area contributed by atoms with Crippen molar-refractivity contribution in [2.45, 2.75) is 26.2 Å². The van der Waals surface area contributed by atoms with Gasteiger partial charge in [0.2, 0.25) is 5.88 Å². The van der Waals surface area contributed by atoms with E-state index in [4.69, 9.17) is 16.2 Å². The number of ether oxygens (including phenoxy) is 1. The van der Waals surface area contributed by atoms with Crippen molar-refractivity contribution in [2.75, 3.05) is 26.7 Å². The largest absolute Gasteiger partial charge is 0.478 e. The Hall–Kier alpha value is -1.72. The van der Waals surface area contributed by atoms with Gasteiger partial charge < -0.3 is 16.2 Å². The van der Waals surface area contributed by atoms with Gasteiger partial charge in [0, 0.05) is 31.4 Å². The van der Waals surface area contributed by atoms with Crippen LogP contribution in [-0.2, 0) is 0 Å². The molecule has 1 unspecified atom stereocenters. The second-order valence-electron chi connectivity index (χ2n) is 5.13. The van der Waals surface area contributed by atoms with Gasteiger partial charge in [-0.2, -0.15) is 0 Å². The van der Waals surface area contributed by atoms with E-state index in [0.29, 0.717) is 24.9 Å². The number of hydrogen-bond acceptors (Lipinski definition) is 5. The summed E-state index contributed by atoms with van der Waals surface area (Å²) in [5.74, 6) is 1.24. The first kappa shape index (κ1) is 18.3. The van der Waals surface area contributed by atoms with E-state index in [1.165, 1.54) is 0 Å². The van der Waals surface area contributed by atoms with Crippen LogP contribution in [0.4, 0.5) is 0 Å². The van der Waals surface area contributed by atoms with Crippen molar-refractivity contribution in [3.05, 3.63) is 36.0 Å². The zero-order valence-electron chi connectivity index (χ0n) is 13.7. The standard InChI is InChI=1S/C17H28N4O/c1-3-14(12-19)6-5-11-22-17-9-8-15(13-21-17)16(20-2)7-4-10-18/h4,7-9,13-14H,3,5-6,10-12,18-19H2,1-2H3/b7-4-,20-16?. The van der Waals surface area contributed by atoms with Gasteiger partial charge in [0.25, 0.3) is 0 Å². The Morgan fingerprint density at radius 1 is 1.41 bits per heavy atom. The van der Waals surface area contributed by atoms with E-state index in [9.17, 15) is 0 Å². The molecule has 122 valence electrons. The average molecular weight is 304 g/mol. The molecule has 1 aromatic heterocycles. The maximum absolute atomic E-state index is 5.69. The molecule has 0 radical (unpaired) electrons. The van der Waals surface area contributed by atoms with Crippen LogP contribution in [0.5, 0.6) is 5.88 Å². The second-order valence-corrected chi connectivity index (χ2v) is 5.13. The number of pyridine rings is 1. The molecule has 0 aliphatic carbocycles. The van der Waals surface area contributed by atoms with E-state index in [-0.39, 0.29) is 0 Å². The van der Waals surface area contributed by atoms with Gasteiger partial charge in [0.1, 0.15) is 0 Å². The predicted molar refractivity (Wildman–Crippen MR) is 92.5 cm³/mol. The van der Waals surface area contributed by atoms with Crippen LogP contribution in [-0.4, -0.2) is 37.4 Å². The molecule has 4 N–H and O–H groups in total. The minimum absolute atomic E-state index is 0.495. The molecule has 0 aliphatic heterocycles. The summed E-state index contributed by atoms with van der Waals surface area (Å²) in [5, 5.41) is 0. The minimum Gasteiger partial charge on any atom is -0.478 e. The Morgan fingerprint density at radius 3 is 2.77 bits per heavy atom. The van der Waals surface area contributed by atoms with E-state index < -0.39 is 0 Å². The van der Waals surface area contributed by atoms with E-state index in [1.807, 2.05) is 24.3 Å². The van der Waals surface area contributed by atoms with Crippen LogP contribution in [0, 0.1) is 5.92 Å². The molecule has 0 spiro atoms. The van der Waals surface area contributed by atoms with E-state index >= 15 is 0 Å². The first-order valence-corrected chi connectivity index (χ1v) is 7.87. The van der Waals surface area contributed by atoms with Gasteiger partial charge in [0.15, 0.2) is 0 Å². The number of nitrogens with two attached hydrogens (primary N) is 2. The highest BCUT2D eigenvalue weighted by Crippen LogP contribution is 2.12. The second kappa shape index (κ2) is 10.9. The van der Waals surface area contributed by atoms with Crippen LogP contribution in [0.15, 0.2) is 35.5 Å². The molecular weight excluding hydrogens is 276 g/mol. The molecule has 1 atom stereocenters. The van der Waals surface area contributed by atoms with Gasteiger partial charge in [0.05, 0.1) is 12.3 Å². The molecular formula is C17H28N4O. The molecule has 1 heterocycles. The summed E-state index contributed by atoms with van der Waals surface area (Å²) >= 11 is 0. The SMILES string of the molecule is CCC(CN)CCCOc1ccc(C(/C=C\CN)=NC)cn1. The third-order valence-corrected chi connectivity index (χ3v) is 3.60. The number of rotatable bonds is 10. The average Bonchev–Trinajstić information content (AvgIpc) is 2.57. The van der Waals surface area contributed by atoms with Crippen LogP contribution in [0.25, 0.3) is 0 Å². The van der Waals surface area contributed by atoms with Crippen molar-refractivity contribution in [1.29, 1.82) is 0 Å². The Kier molecular flexibility index (Phi) is 9.11. The smallest absolute Gasteiger partial charge is 0.213 e. The van der Waals surface area contributed by atoms with Gasteiger partial charge in [-0.05, 0) is 37.4 Å². The van der Waals surface area contributed by atoms with Crippen LogP contribution in [0.2, 0.25) is 0 Å². The van der Waals surface area contributed by atoms with E-state index in [1.54, 1.807) is 13.2 Å². The summed E-state index contributed by atoms with van der Waals surface area (Å²) in [6.07, 6.45) is 8.76. The monoisotopic (exact) mass is 304 g/mol. The van der Waals surface area contributed by atoms with Crippen LogP contribution in [0.1, 0.15) is 31.7 Å². The minimum atomic E-state index is 0.495. The Labute approximate surface area is 133 Å². The normalized spacial score (nSPS) is 13.5. The number of aromatic nitrogens is 1. The summed E-state index contributed by atoms with van der Waals surface area (Å²) in [6, 6.07) is 3.83. The van der Waals surface area contributed by atoms with E-state index in [0.717, 1.165) is 37.1 Å². The molecule has 0 aliphatic rings. The molecule has 1 aromatic rings. The molecule has 22 heavy (non-hydrogen) atoms. The number of nitrogens with zero attached hydrogens (tertiary/aromatic N) is 2. The van der Waals surface area contributed by atoms with Crippen molar-refractivity contribution in [1.82, 2.24) is 4.98 Å². The van der Waals surface area contributed by atoms with Crippen LogP contribution in [0.3, 0.4) is 0 Å². The van der Waals surface area contributed by atoms with Crippen molar-refractivity contribution in [3.8, 4) is 5.88 Å². The maximum atomic E-state index is 5.69. The molecule has 5 nitrogen and oxygen atoms in total. The van der Waals surface area contributed by atoms with Crippen molar-refractivity contribution < 1.29 is 4.74 Å². The molecule has 5 heteroatoms. The Morgan fingerprint density at radius 2 is 2.23 bits per heavy atom. The number of hydrogen-bond donors (Lipinski definition) is 2. The molecule has 1 rings (SSSR count). The quantitative estimate of drug-likeness (QED) is 0.512. The Bertz CT molecular complexity index is 464.